The monoisotopic (exact) mass is 819 g/mol. The second kappa shape index (κ2) is 38.6. The molecule has 58 heavy (non-hydrogen) atoms. The van der Waals surface area contributed by atoms with Gasteiger partial charge in [0.05, 0.1) is 13.2 Å². The Hall–Kier alpha value is -2.60. The number of carbonyl (C=O) groups excluding carboxylic acids is 2. The summed E-state index contributed by atoms with van der Waals surface area (Å²) in [5.41, 5.74) is 0. The number of ether oxygens (including phenoxy) is 4. The molecule has 1 saturated heterocycles. The van der Waals surface area contributed by atoms with Gasteiger partial charge in [-0.05, 0) is 51.4 Å². The molecule has 1 heterocycles. The van der Waals surface area contributed by atoms with Gasteiger partial charge in [0.25, 0.3) is 0 Å². The Morgan fingerprint density at radius 2 is 1.00 bits per heavy atom. The molecule has 2 unspecified atom stereocenters. The van der Waals surface area contributed by atoms with E-state index in [0.717, 1.165) is 44.9 Å². The van der Waals surface area contributed by atoms with Crippen molar-refractivity contribution in [3.8, 4) is 0 Å². The summed E-state index contributed by atoms with van der Waals surface area (Å²) in [6, 6.07) is 0. The summed E-state index contributed by atoms with van der Waals surface area (Å²) >= 11 is 0. The van der Waals surface area contributed by atoms with Crippen molar-refractivity contribution >= 4 is 11.9 Å². The van der Waals surface area contributed by atoms with E-state index < -0.39 is 55.4 Å². The highest BCUT2D eigenvalue weighted by atomic mass is 16.7. The van der Waals surface area contributed by atoms with Gasteiger partial charge < -0.3 is 39.4 Å². The van der Waals surface area contributed by atoms with Gasteiger partial charge in [0.15, 0.2) is 12.4 Å². The van der Waals surface area contributed by atoms with Gasteiger partial charge in [-0.15, -0.1) is 0 Å². The van der Waals surface area contributed by atoms with E-state index in [1.807, 2.05) is 12.2 Å². The summed E-state index contributed by atoms with van der Waals surface area (Å²) in [5.74, 6) is -0.902. The van der Waals surface area contributed by atoms with Gasteiger partial charge in [0.1, 0.15) is 31.0 Å². The molecule has 334 valence electrons. The van der Waals surface area contributed by atoms with Crippen molar-refractivity contribution in [1.82, 2.24) is 0 Å². The lowest BCUT2D eigenvalue weighted by molar-refractivity contribution is -0.305. The number of aliphatic hydroxyl groups is 4. The molecule has 10 nitrogen and oxygen atoms in total. The van der Waals surface area contributed by atoms with Gasteiger partial charge in [0, 0.05) is 12.8 Å². The number of esters is 2. The van der Waals surface area contributed by atoms with Crippen LogP contribution in [0.25, 0.3) is 0 Å². The van der Waals surface area contributed by atoms with Crippen LogP contribution in [0, 0.1) is 0 Å². The summed E-state index contributed by atoms with van der Waals surface area (Å²) in [4.78, 5) is 25.3. The van der Waals surface area contributed by atoms with Crippen LogP contribution in [-0.4, -0.2) is 89.0 Å². The van der Waals surface area contributed by atoms with Crippen molar-refractivity contribution in [3.63, 3.8) is 0 Å². The van der Waals surface area contributed by atoms with Gasteiger partial charge in [-0.1, -0.05) is 171 Å². The SMILES string of the molecule is CCCCC/C=C/C/C=C/C/C=C/C/C=C/C/C=C/CCC(=O)O[C@H](COC(=O)CCCCCCCCCCCCCCCC)CO[C@@H]1O[C@H](CO)[C@H](O)C(O)C1O. The first-order valence-corrected chi connectivity index (χ1v) is 22.9. The van der Waals surface area contributed by atoms with Crippen LogP contribution in [0.15, 0.2) is 60.8 Å². The molecular formula is C48H82O10. The maximum Gasteiger partial charge on any atom is 0.306 e. The van der Waals surface area contributed by atoms with Crippen molar-refractivity contribution in [2.45, 2.75) is 211 Å². The predicted molar refractivity (Wildman–Crippen MR) is 233 cm³/mol. The van der Waals surface area contributed by atoms with Crippen molar-refractivity contribution in [3.05, 3.63) is 60.8 Å². The highest BCUT2D eigenvalue weighted by Crippen LogP contribution is 2.22. The predicted octanol–water partition coefficient (Wildman–Crippen LogP) is 9.83. The largest absolute Gasteiger partial charge is 0.462 e. The van der Waals surface area contributed by atoms with Crippen LogP contribution < -0.4 is 0 Å². The Balaban J connectivity index is 2.39. The topological polar surface area (TPSA) is 152 Å². The molecular weight excluding hydrogens is 737 g/mol. The number of hydrogen-bond donors (Lipinski definition) is 4. The molecule has 0 aromatic carbocycles. The van der Waals surface area contributed by atoms with Crippen molar-refractivity contribution in [2.75, 3.05) is 19.8 Å². The molecule has 10 heteroatoms. The van der Waals surface area contributed by atoms with Crippen LogP contribution in [0.2, 0.25) is 0 Å². The Morgan fingerprint density at radius 1 is 0.534 bits per heavy atom. The zero-order valence-corrected chi connectivity index (χ0v) is 36.3. The van der Waals surface area contributed by atoms with E-state index >= 15 is 0 Å². The first-order valence-electron chi connectivity index (χ1n) is 22.9. The zero-order valence-electron chi connectivity index (χ0n) is 36.3. The molecule has 0 spiro atoms. The van der Waals surface area contributed by atoms with Gasteiger partial charge in [-0.25, -0.2) is 0 Å². The van der Waals surface area contributed by atoms with Crippen molar-refractivity contribution in [1.29, 1.82) is 0 Å². The third kappa shape index (κ3) is 29.6. The fourth-order valence-electron chi connectivity index (χ4n) is 6.52. The first-order chi connectivity index (χ1) is 28.3. The van der Waals surface area contributed by atoms with Gasteiger partial charge >= 0.3 is 11.9 Å². The third-order valence-electron chi connectivity index (χ3n) is 10.2. The Morgan fingerprint density at radius 3 is 1.52 bits per heavy atom. The van der Waals surface area contributed by atoms with Gasteiger partial charge in [-0.3, -0.25) is 9.59 Å². The Kier molecular flexibility index (Phi) is 35.5. The Labute approximate surface area is 351 Å². The van der Waals surface area contributed by atoms with Gasteiger partial charge in [0.2, 0.25) is 0 Å². The van der Waals surface area contributed by atoms with E-state index in [4.69, 9.17) is 18.9 Å². The second-order valence-electron chi connectivity index (χ2n) is 15.5. The molecule has 1 fully saturated rings. The molecule has 0 aromatic rings. The quantitative estimate of drug-likeness (QED) is 0.0271. The molecule has 1 aliphatic rings. The molecule has 1 rings (SSSR count). The normalized spacial score (nSPS) is 20.7. The van der Waals surface area contributed by atoms with Gasteiger partial charge in [-0.2, -0.15) is 0 Å². The number of carbonyl (C=O) groups is 2. The number of allylic oxidation sites excluding steroid dienone is 10. The molecule has 0 aromatic heterocycles. The average Bonchev–Trinajstić information content (AvgIpc) is 3.22. The molecule has 0 amide bonds. The smallest absolute Gasteiger partial charge is 0.306 e. The number of aliphatic hydroxyl groups excluding tert-OH is 4. The van der Waals surface area contributed by atoms with E-state index in [0.29, 0.717) is 6.42 Å². The fraction of sp³-hybridized carbons (Fsp3) is 0.750. The lowest BCUT2D eigenvalue weighted by Crippen LogP contribution is -2.59. The van der Waals surface area contributed by atoms with Crippen LogP contribution in [-0.2, 0) is 28.5 Å². The second-order valence-corrected chi connectivity index (χ2v) is 15.5. The highest BCUT2D eigenvalue weighted by molar-refractivity contribution is 5.70. The van der Waals surface area contributed by atoms with E-state index in [1.165, 1.54) is 96.3 Å². The minimum absolute atomic E-state index is 0.106. The lowest BCUT2D eigenvalue weighted by Gasteiger charge is -2.39. The standard InChI is InChI=1S/C48H82O10/c1-3-5-7-9-11-13-15-17-19-20-21-22-23-25-27-29-31-33-35-37-44(51)57-41(40-56-48-47(54)46(53)45(52)42(38-49)58-48)39-55-43(50)36-34-32-30-28-26-24-18-16-14-12-10-8-6-4-2/h11,13,17,19,21-22,25,27,31,33,41-42,45-49,52-54H,3-10,12,14-16,18,20,23-24,26,28-30,32,34-40H2,1-2H3/b13-11+,19-17+,22-21+,27-25+,33-31+/t41-,42-,45+,46?,47?,48-/m1/s1. The minimum atomic E-state index is -1.61. The van der Waals surface area contributed by atoms with Crippen LogP contribution in [0.3, 0.4) is 0 Å². The molecule has 1 aliphatic heterocycles. The molecule has 0 aliphatic carbocycles. The average molecular weight is 819 g/mol. The number of unbranched alkanes of at least 4 members (excludes halogenated alkanes) is 16. The van der Waals surface area contributed by atoms with Crippen molar-refractivity contribution < 1.29 is 49.0 Å². The van der Waals surface area contributed by atoms with E-state index in [-0.39, 0.29) is 26.1 Å². The van der Waals surface area contributed by atoms with E-state index in [9.17, 15) is 30.0 Å². The minimum Gasteiger partial charge on any atom is -0.462 e. The molecule has 0 saturated carbocycles. The van der Waals surface area contributed by atoms with E-state index in [1.54, 1.807) is 0 Å². The summed E-state index contributed by atoms with van der Waals surface area (Å²) in [6.45, 7) is 3.32. The van der Waals surface area contributed by atoms with Crippen LogP contribution in [0.4, 0.5) is 0 Å². The molecule has 6 atom stereocenters. The first kappa shape index (κ1) is 53.4. The molecule has 4 N–H and O–H groups in total. The summed E-state index contributed by atoms with van der Waals surface area (Å²) in [7, 11) is 0. The molecule has 0 radical (unpaired) electrons. The maximum absolute atomic E-state index is 12.7. The van der Waals surface area contributed by atoms with Crippen LogP contribution in [0.5, 0.6) is 0 Å². The highest BCUT2D eigenvalue weighted by Gasteiger charge is 2.44. The third-order valence-corrected chi connectivity index (χ3v) is 10.2. The zero-order chi connectivity index (χ0) is 42.3. The van der Waals surface area contributed by atoms with Crippen LogP contribution >= 0.6 is 0 Å². The summed E-state index contributed by atoms with van der Waals surface area (Å²) < 4.78 is 22.1. The summed E-state index contributed by atoms with van der Waals surface area (Å²) in [6.07, 6.45) is 39.5. The van der Waals surface area contributed by atoms with Crippen molar-refractivity contribution in [2.24, 2.45) is 0 Å². The van der Waals surface area contributed by atoms with Crippen LogP contribution in [0.1, 0.15) is 174 Å². The van der Waals surface area contributed by atoms with E-state index in [2.05, 4.69) is 62.5 Å². The Bertz CT molecular complexity index is 1130. The maximum atomic E-state index is 12.7. The number of hydrogen-bond acceptors (Lipinski definition) is 10. The molecule has 0 bridgehead atoms. The number of rotatable bonds is 37. The fourth-order valence-corrected chi connectivity index (χ4v) is 6.52. The summed E-state index contributed by atoms with van der Waals surface area (Å²) in [5, 5.41) is 40.1. The lowest BCUT2D eigenvalue weighted by atomic mass is 9.99.